The predicted octanol–water partition coefficient (Wildman–Crippen LogP) is 4.80. The topological polar surface area (TPSA) is 54.9 Å². The predicted molar refractivity (Wildman–Crippen MR) is 87.9 cm³/mol. The molecule has 0 aliphatic heterocycles. The molecule has 0 saturated heterocycles. The van der Waals surface area contributed by atoms with Crippen molar-refractivity contribution in [2.24, 2.45) is 0 Å². The third-order valence-corrected chi connectivity index (χ3v) is 4.25. The van der Waals surface area contributed by atoms with Crippen molar-refractivity contribution >= 4 is 58.2 Å². The lowest BCUT2D eigenvalue weighted by atomic mass is 10.3. The van der Waals surface area contributed by atoms with Gasteiger partial charge in [0.25, 0.3) is 5.91 Å². The number of thioether (sulfide) groups is 1. The van der Waals surface area contributed by atoms with E-state index in [0.29, 0.717) is 15.9 Å². The number of halogens is 3. The van der Waals surface area contributed by atoms with Crippen molar-refractivity contribution in [3.63, 3.8) is 0 Å². The van der Waals surface area contributed by atoms with Crippen LogP contribution in [0.25, 0.3) is 0 Å². The van der Waals surface area contributed by atoms with Gasteiger partial charge in [0.2, 0.25) is 0 Å². The lowest BCUT2D eigenvalue weighted by molar-refractivity contribution is 0.102. The summed E-state index contributed by atoms with van der Waals surface area (Å²) in [4.78, 5) is 20.4. The van der Waals surface area contributed by atoms with Gasteiger partial charge in [-0.1, -0.05) is 59.6 Å². The van der Waals surface area contributed by atoms with Gasteiger partial charge in [0, 0.05) is 0 Å². The molecule has 0 aliphatic carbocycles. The van der Waals surface area contributed by atoms with E-state index in [1.54, 1.807) is 18.2 Å². The molecular formula is C13H10Cl3N3OS. The average Bonchev–Trinajstić information content (AvgIpc) is 2.46. The zero-order chi connectivity index (χ0) is 15.4. The van der Waals surface area contributed by atoms with Crippen LogP contribution in [0.4, 0.5) is 5.69 Å². The Morgan fingerprint density at radius 1 is 1.29 bits per heavy atom. The molecule has 8 heteroatoms. The summed E-state index contributed by atoms with van der Waals surface area (Å²) in [5.41, 5.74) is 0.493. The molecule has 110 valence electrons. The molecule has 2 rings (SSSR count). The Labute approximate surface area is 141 Å². The third-order valence-electron chi connectivity index (χ3n) is 2.41. The number of hydrogen-bond acceptors (Lipinski definition) is 4. The van der Waals surface area contributed by atoms with Crippen LogP contribution >= 0.6 is 46.6 Å². The van der Waals surface area contributed by atoms with Crippen molar-refractivity contribution in [3.8, 4) is 0 Å². The molecule has 0 unspecified atom stereocenters. The Hall–Kier alpha value is -1.01. The molecule has 4 nitrogen and oxygen atoms in total. The smallest absolute Gasteiger partial charge is 0.276 e. The molecule has 0 spiro atoms. The SMILES string of the molecule is CCSc1ncc(Cl)c(C(=O)Nc2cccc(Cl)c2Cl)n1. The van der Waals surface area contributed by atoms with Crippen LogP contribution in [0, 0.1) is 0 Å². The second kappa shape index (κ2) is 7.31. The number of nitrogens with one attached hydrogen (secondary N) is 1. The Kier molecular flexibility index (Phi) is 5.70. The molecule has 2 aromatic rings. The van der Waals surface area contributed by atoms with Crippen LogP contribution < -0.4 is 5.32 Å². The van der Waals surface area contributed by atoms with Crippen molar-refractivity contribution in [1.82, 2.24) is 9.97 Å². The summed E-state index contributed by atoms with van der Waals surface area (Å²) in [6, 6.07) is 4.96. The van der Waals surface area contributed by atoms with Crippen LogP contribution in [0.5, 0.6) is 0 Å². The molecule has 21 heavy (non-hydrogen) atoms. The quantitative estimate of drug-likeness (QED) is 0.627. The van der Waals surface area contributed by atoms with E-state index in [0.717, 1.165) is 5.75 Å². The summed E-state index contributed by atoms with van der Waals surface area (Å²) in [6.45, 7) is 1.97. The summed E-state index contributed by atoms with van der Waals surface area (Å²) in [7, 11) is 0. The van der Waals surface area contributed by atoms with Crippen LogP contribution in [-0.2, 0) is 0 Å². The van der Waals surface area contributed by atoms with Gasteiger partial charge in [0.05, 0.1) is 27.0 Å². The Morgan fingerprint density at radius 3 is 2.76 bits per heavy atom. The highest BCUT2D eigenvalue weighted by molar-refractivity contribution is 7.99. The summed E-state index contributed by atoms with van der Waals surface area (Å²) in [5.74, 6) is 0.326. The molecule has 1 N–H and O–H groups in total. The van der Waals surface area contributed by atoms with Crippen LogP contribution in [0.3, 0.4) is 0 Å². The maximum Gasteiger partial charge on any atom is 0.276 e. The molecule has 0 aliphatic rings. The number of nitrogens with zero attached hydrogens (tertiary/aromatic N) is 2. The Morgan fingerprint density at radius 2 is 2.05 bits per heavy atom. The van der Waals surface area contributed by atoms with Crippen molar-refractivity contribution in [3.05, 3.63) is 45.2 Å². The van der Waals surface area contributed by atoms with E-state index >= 15 is 0 Å². The second-order valence-electron chi connectivity index (χ2n) is 3.84. The van der Waals surface area contributed by atoms with Gasteiger partial charge in [-0.05, 0) is 17.9 Å². The first kappa shape index (κ1) is 16.4. The molecule has 0 bridgehead atoms. The van der Waals surface area contributed by atoms with Gasteiger partial charge >= 0.3 is 0 Å². The summed E-state index contributed by atoms with van der Waals surface area (Å²) >= 11 is 19.3. The van der Waals surface area contributed by atoms with Gasteiger partial charge in [-0.2, -0.15) is 0 Å². The maximum atomic E-state index is 12.3. The first-order valence-corrected chi connectivity index (χ1v) is 8.05. The first-order valence-electron chi connectivity index (χ1n) is 5.93. The Bertz CT molecular complexity index is 682. The molecule has 0 atom stereocenters. The van der Waals surface area contributed by atoms with Gasteiger partial charge in [0.1, 0.15) is 0 Å². The van der Waals surface area contributed by atoms with Crippen LogP contribution in [0.2, 0.25) is 15.1 Å². The van der Waals surface area contributed by atoms with Crippen molar-refractivity contribution in [2.75, 3.05) is 11.1 Å². The molecule has 0 saturated carbocycles. The molecule has 1 aromatic carbocycles. The standard InChI is InChI=1S/C13H10Cl3N3OS/c1-2-21-13-17-6-8(15)11(19-13)12(20)18-9-5-3-4-7(14)10(9)16/h3-6H,2H2,1H3,(H,18,20). The minimum Gasteiger partial charge on any atom is -0.319 e. The largest absolute Gasteiger partial charge is 0.319 e. The van der Waals surface area contributed by atoms with Crippen molar-refractivity contribution < 1.29 is 4.79 Å². The van der Waals surface area contributed by atoms with Crippen LogP contribution in [0.1, 0.15) is 17.4 Å². The number of rotatable bonds is 4. The van der Waals surface area contributed by atoms with E-state index in [4.69, 9.17) is 34.8 Å². The van der Waals surface area contributed by atoms with Crippen molar-refractivity contribution in [2.45, 2.75) is 12.1 Å². The summed E-state index contributed by atoms with van der Waals surface area (Å²) in [5, 5.41) is 3.92. The van der Waals surface area contributed by atoms with Crippen LogP contribution in [-0.4, -0.2) is 21.6 Å². The monoisotopic (exact) mass is 361 g/mol. The Balaban J connectivity index is 2.28. The summed E-state index contributed by atoms with van der Waals surface area (Å²) in [6.07, 6.45) is 1.40. The van der Waals surface area contributed by atoms with Gasteiger partial charge < -0.3 is 5.32 Å². The normalized spacial score (nSPS) is 10.5. The lowest BCUT2D eigenvalue weighted by Crippen LogP contribution is -2.15. The van der Waals surface area contributed by atoms with Gasteiger partial charge in [-0.15, -0.1) is 0 Å². The fraction of sp³-hybridized carbons (Fsp3) is 0.154. The molecule has 0 fully saturated rings. The van der Waals surface area contributed by atoms with Gasteiger partial charge in [-0.3, -0.25) is 4.79 Å². The maximum absolute atomic E-state index is 12.3. The minimum absolute atomic E-state index is 0.0960. The number of carbonyl (C=O) groups excluding carboxylic acids is 1. The lowest BCUT2D eigenvalue weighted by Gasteiger charge is -2.09. The average molecular weight is 363 g/mol. The van der Waals surface area contributed by atoms with E-state index in [9.17, 15) is 4.79 Å². The second-order valence-corrected chi connectivity index (χ2v) is 6.26. The highest BCUT2D eigenvalue weighted by atomic mass is 35.5. The number of aromatic nitrogens is 2. The van der Waals surface area contributed by atoms with Crippen LogP contribution in [0.15, 0.2) is 29.6 Å². The number of carbonyl (C=O) groups is 1. The fourth-order valence-electron chi connectivity index (χ4n) is 1.49. The minimum atomic E-state index is -0.468. The van der Waals surface area contributed by atoms with E-state index in [1.165, 1.54) is 18.0 Å². The van der Waals surface area contributed by atoms with Gasteiger partial charge in [0.15, 0.2) is 10.9 Å². The van der Waals surface area contributed by atoms with Gasteiger partial charge in [-0.25, -0.2) is 9.97 Å². The highest BCUT2D eigenvalue weighted by Gasteiger charge is 2.16. The first-order chi connectivity index (χ1) is 10.0. The van der Waals surface area contributed by atoms with E-state index in [1.807, 2.05) is 6.92 Å². The highest BCUT2D eigenvalue weighted by Crippen LogP contribution is 2.30. The fourth-order valence-corrected chi connectivity index (χ4v) is 2.56. The zero-order valence-electron chi connectivity index (χ0n) is 10.9. The number of hydrogen-bond donors (Lipinski definition) is 1. The molecular weight excluding hydrogens is 353 g/mol. The van der Waals surface area contributed by atoms with E-state index < -0.39 is 5.91 Å². The number of anilines is 1. The number of amides is 1. The summed E-state index contributed by atoms with van der Waals surface area (Å²) < 4.78 is 0. The molecule has 1 heterocycles. The molecule has 0 radical (unpaired) electrons. The molecule has 1 amide bonds. The number of benzene rings is 1. The van der Waals surface area contributed by atoms with Crippen molar-refractivity contribution in [1.29, 1.82) is 0 Å². The van der Waals surface area contributed by atoms with E-state index in [2.05, 4.69) is 15.3 Å². The van der Waals surface area contributed by atoms with E-state index in [-0.39, 0.29) is 15.7 Å². The zero-order valence-corrected chi connectivity index (χ0v) is 13.9. The molecule has 1 aromatic heterocycles. The third kappa shape index (κ3) is 4.01.